The zero-order chi connectivity index (χ0) is 19.7. The van der Waals surface area contributed by atoms with Crippen LogP contribution in [-0.2, 0) is 4.79 Å². The minimum absolute atomic E-state index is 0.148. The number of nitrogens with zero attached hydrogens (tertiary/aromatic N) is 2. The summed E-state index contributed by atoms with van der Waals surface area (Å²) >= 11 is 11.9. The lowest BCUT2D eigenvalue weighted by molar-refractivity contribution is -0.484. The first kappa shape index (κ1) is 19.0. The first-order valence-corrected chi connectivity index (χ1v) is 8.59. The van der Waals surface area contributed by atoms with E-state index in [2.05, 4.69) is 0 Å². The third-order valence-electron chi connectivity index (χ3n) is 4.39. The van der Waals surface area contributed by atoms with E-state index in [9.17, 15) is 24.5 Å². The molecule has 2 aromatic rings. The molecule has 0 aliphatic carbocycles. The van der Waals surface area contributed by atoms with Gasteiger partial charge in [0.1, 0.15) is 12.3 Å². The largest absolute Gasteiger partial charge is 0.301 e. The number of aldehydes is 1. The van der Waals surface area contributed by atoms with Crippen molar-refractivity contribution in [3.8, 4) is 0 Å². The Morgan fingerprint density at radius 2 is 1.63 bits per heavy atom. The van der Waals surface area contributed by atoms with E-state index < -0.39 is 35.2 Å². The average molecular weight is 407 g/mol. The summed E-state index contributed by atoms with van der Waals surface area (Å²) < 4.78 is 0. The fourth-order valence-electron chi connectivity index (χ4n) is 3.13. The summed E-state index contributed by atoms with van der Waals surface area (Å²) in [5.74, 6) is -2.41. The number of halogens is 2. The molecule has 2 amide bonds. The minimum Gasteiger partial charge on any atom is -0.301 e. The van der Waals surface area contributed by atoms with Crippen molar-refractivity contribution in [2.24, 2.45) is 0 Å². The zero-order valence-electron chi connectivity index (χ0n) is 13.7. The van der Waals surface area contributed by atoms with Crippen molar-refractivity contribution in [1.82, 2.24) is 4.90 Å². The number of imide groups is 1. The van der Waals surface area contributed by atoms with Gasteiger partial charge >= 0.3 is 0 Å². The molecule has 0 N–H and O–H groups in total. The lowest BCUT2D eigenvalue weighted by atomic mass is 9.91. The van der Waals surface area contributed by atoms with E-state index in [0.717, 1.165) is 4.90 Å². The predicted octanol–water partition coefficient (Wildman–Crippen LogP) is 3.22. The van der Waals surface area contributed by atoms with Crippen LogP contribution in [0.4, 0.5) is 0 Å². The molecular weight excluding hydrogens is 395 g/mol. The first-order chi connectivity index (χ1) is 12.8. The molecule has 7 nitrogen and oxygen atoms in total. The SMILES string of the molecule is O=C[C@H]([C@H](C[N+](=O)[O-])c1ccc(Cl)c(Cl)c1)N1C(=O)c2ccccc2C1=O. The van der Waals surface area contributed by atoms with Crippen molar-refractivity contribution in [3.63, 3.8) is 0 Å². The summed E-state index contributed by atoms with van der Waals surface area (Å²) in [6.45, 7) is -0.672. The molecule has 1 aliphatic rings. The van der Waals surface area contributed by atoms with Crippen LogP contribution in [0, 0.1) is 10.1 Å². The highest BCUT2D eigenvalue weighted by Crippen LogP contribution is 2.33. The molecule has 0 spiro atoms. The average Bonchev–Trinajstić information content (AvgIpc) is 2.89. The third-order valence-corrected chi connectivity index (χ3v) is 5.13. The summed E-state index contributed by atoms with van der Waals surface area (Å²) in [6.07, 6.45) is 0.373. The lowest BCUT2D eigenvalue weighted by Gasteiger charge is -2.27. The van der Waals surface area contributed by atoms with Gasteiger partial charge in [-0.25, -0.2) is 0 Å². The Bertz CT molecular complexity index is 928. The van der Waals surface area contributed by atoms with Gasteiger partial charge < -0.3 is 4.79 Å². The highest BCUT2D eigenvalue weighted by atomic mass is 35.5. The van der Waals surface area contributed by atoms with Crippen LogP contribution in [0.25, 0.3) is 0 Å². The second kappa shape index (κ2) is 7.46. The molecule has 0 aromatic heterocycles. The molecule has 1 heterocycles. The van der Waals surface area contributed by atoms with Gasteiger partial charge in [0.15, 0.2) is 0 Å². The summed E-state index contributed by atoms with van der Waals surface area (Å²) in [4.78, 5) is 48.6. The molecule has 0 saturated heterocycles. The fraction of sp³-hybridized carbons (Fsp3) is 0.167. The van der Waals surface area contributed by atoms with Gasteiger partial charge in [0, 0.05) is 4.92 Å². The Balaban J connectivity index is 2.06. The third kappa shape index (κ3) is 3.43. The van der Waals surface area contributed by atoms with E-state index in [1.807, 2.05) is 0 Å². The molecule has 3 rings (SSSR count). The van der Waals surface area contributed by atoms with Gasteiger partial charge in [-0.1, -0.05) is 41.4 Å². The second-order valence-electron chi connectivity index (χ2n) is 5.95. The van der Waals surface area contributed by atoms with E-state index in [1.165, 1.54) is 30.3 Å². The quantitative estimate of drug-likeness (QED) is 0.317. The Labute approximate surface area is 163 Å². The molecule has 9 heteroatoms. The molecular formula is C18H12Cl2N2O5. The molecule has 0 saturated carbocycles. The van der Waals surface area contributed by atoms with Gasteiger partial charge in [-0.2, -0.15) is 0 Å². The summed E-state index contributed by atoms with van der Waals surface area (Å²) in [5.41, 5.74) is 0.640. The molecule has 2 atom stereocenters. The summed E-state index contributed by atoms with van der Waals surface area (Å²) in [6, 6.07) is 9.09. The van der Waals surface area contributed by atoms with Crippen molar-refractivity contribution < 1.29 is 19.3 Å². The predicted molar refractivity (Wildman–Crippen MR) is 97.9 cm³/mol. The topological polar surface area (TPSA) is 97.6 Å². The number of rotatable bonds is 6. The number of hydrogen-bond acceptors (Lipinski definition) is 5. The maximum Gasteiger partial charge on any atom is 0.262 e. The second-order valence-corrected chi connectivity index (χ2v) is 6.76. The van der Waals surface area contributed by atoms with Gasteiger partial charge in [0.25, 0.3) is 11.8 Å². The Morgan fingerprint density at radius 1 is 1.04 bits per heavy atom. The van der Waals surface area contributed by atoms with Crippen LogP contribution in [0.3, 0.4) is 0 Å². The van der Waals surface area contributed by atoms with Gasteiger partial charge in [0.2, 0.25) is 6.54 Å². The van der Waals surface area contributed by atoms with E-state index >= 15 is 0 Å². The highest BCUT2D eigenvalue weighted by molar-refractivity contribution is 6.42. The van der Waals surface area contributed by atoms with Gasteiger partial charge in [-0.05, 0) is 29.8 Å². The zero-order valence-corrected chi connectivity index (χ0v) is 15.2. The molecule has 0 fully saturated rings. The van der Waals surface area contributed by atoms with Crippen LogP contribution in [0.15, 0.2) is 42.5 Å². The maximum absolute atomic E-state index is 12.7. The minimum atomic E-state index is -1.36. The number of nitro groups is 1. The van der Waals surface area contributed by atoms with Crippen molar-refractivity contribution in [1.29, 1.82) is 0 Å². The molecule has 27 heavy (non-hydrogen) atoms. The molecule has 0 bridgehead atoms. The Kier molecular flexibility index (Phi) is 5.25. The van der Waals surface area contributed by atoms with Crippen LogP contribution in [0.5, 0.6) is 0 Å². The number of carbonyl (C=O) groups excluding carboxylic acids is 3. The number of amides is 2. The normalized spacial score (nSPS) is 15.4. The smallest absolute Gasteiger partial charge is 0.262 e. The standard InChI is InChI=1S/C18H12Cl2N2O5/c19-14-6-5-10(7-15(14)20)13(8-21(26)27)16(9-23)22-17(24)11-3-1-2-4-12(11)18(22)25/h1-7,9,13,16H,8H2/t13-,16-/m1/s1. The van der Waals surface area contributed by atoms with Crippen LogP contribution in [0.2, 0.25) is 10.0 Å². The highest BCUT2D eigenvalue weighted by Gasteiger charge is 2.44. The number of carbonyl (C=O) groups is 3. The van der Waals surface area contributed by atoms with Crippen molar-refractivity contribution in [2.75, 3.05) is 6.54 Å². The van der Waals surface area contributed by atoms with Crippen LogP contribution >= 0.6 is 23.2 Å². The van der Waals surface area contributed by atoms with Crippen molar-refractivity contribution in [3.05, 3.63) is 79.3 Å². The number of hydrogen-bond donors (Lipinski definition) is 0. The molecule has 2 aromatic carbocycles. The molecule has 0 unspecified atom stereocenters. The van der Waals surface area contributed by atoms with E-state index in [0.29, 0.717) is 11.8 Å². The molecule has 138 valence electrons. The van der Waals surface area contributed by atoms with Crippen molar-refractivity contribution >= 4 is 41.3 Å². The van der Waals surface area contributed by atoms with E-state index in [1.54, 1.807) is 12.1 Å². The van der Waals surface area contributed by atoms with E-state index in [4.69, 9.17) is 23.2 Å². The summed E-state index contributed by atoms with van der Waals surface area (Å²) in [5, 5.41) is 11.6. The van der Waals surface area contributed by atoms with Crippen LogP contribution in [-0.4, -0.2) is 40.5 Å². The van der Waals surface area contributed by atoms with Crippen LogP contribution in [0.1, 0.15) is 32.2 Å². The molecule has 1 aliphatic heterocycles. The first-order valence-electron chi connectivity index (χ1n) is 7.84. The van der Waals surface area contributed by atoms with E-state index in [-0.39, 0.29) is 21.2 Å². The lowest BCUT2D eigenvalue weighted by Crippen LogP contribution is -2.46. The monoisotopic (exact) mass is 406 g/mol. The Hall–Kier alpha value is -2.77. The van der Waals surface area contributed by atoms with Gasteiger partial charge in [0.05, 0.1) is 27.1 Å². The number of fused-ring (bicyclic) bond motifs is 1. The number of benzene rings is 2. The van der Waals surface area contributed by atoms with Crippen LogP contribution < -0.4 is 0 Å². The van der Waals surface area contributed by atoms with Gasteiger partial charge in [-0.3, -0.25) is 24.6 Å². The van der Waals surface area contributed by atoms with Crippen molar-refractivity contribution in [2.45, 2.75) is 12.0 Å². The Morgan fingerprint density at radius 3 is 2.11 bits per heavy atom. The maximum atomic E-state index is 12.7. The van der Waals surface area contributed by atoms with Gasteiger partial charge in [-0.15, -0.1) is 0 Å². The molecule has 0 radical (unpaired) electrons. The fourth-order valence-corrected chi connectivity index (χ4v) is 3.44. The summed E-state index contributed by atoms with van der Waals surface area (Å²) in [7, 11) is 0.